The summed E-state index contributed by atoms with van der Waals surface area (Å²) in [7, 11) is 0. The molecule has 5 N–H and O–H groups in total. The summed E-state index contributed by atoms with van der Waals surface area (Å²) in [5.41, 5.74) is -0.158. The van der Waals surface area contributed by atoms with Gasteiger partial charge in [-0.1, -0.05) is 19.1 Å². The zero-order valence-electron chi connectivity index (χ0n) is 10.9. The van der Waals surface area contributed by atoms with Crippen LogP contribution in [0.15, 0.2) is 24.3 Å². The smallest absolute Gasteiger partial charge is 0.256 e. The Kier molecular flexibility index (Phi) is 6.03. The number of aliphatic hydroxyl groups is 4. The number of halogens is 1. The first-order valence-corrected chi connectivity index (χ1v) is 6.16. The van der Waals surface area contributed by atoms with Crippen LogP contribution >= 0.6 is 0 Å². The molecule has 1 aromatic carbocycles. The largest absolute Gasteiger partial charge is 0.390 e. The van der Waals surface area contributed by atoms with E-state index in [1.807, 2.05) is 0 Å². The summed E-state index contributed by atoms with van der Waals surface area (Å²) in [6.45, 7) is 1.56. The zero-order chi connectivity index (χ0) is 15.3. The Morgan fingerprint density at radius 3 is 2.35 bits per heavy atom. The summed E-state index contributed by atoms with van der Waals surface area (Å²) in [6, 6.07) is 5.31. The van der Waals surface area contributed by atoms with Crippen molar-refractivity contribution in [1.29, 1.82) is 0 Å². The number of carbonyl (C=O) groups excluding carboxylic acids is 1. The molecule has 0 unspecified atom stereocenters. The molecule has 1 rings (SSSR count). The van der Waals surface area contributed by atoms with Crippen LogP contribution in [0.2, 0.25) is 0 Å². The van der Waals surface area contributed by atoms with Crippen LogP contribution in [0.1, 0.15) is 13.3 Å². The van der Waals surface area contributed by atoms with E-state index in [4.69, 9.17) is 0 Å². The molecule has 0 aliphatic carbocycles. The molecule has 7 heteroatoms. The lowest BCUT2D eigenvalue weighted by Crippen LogP contribution is -2.49. The molecular weight excluding hydrogens is 269 g/mol. The summed E-state index contributed by atoms with van der Waals surface area (Å²) >= 11 is 0. The van der Waals surface area contributed by atoms with E-state index in [0.29, 0.717) is 0 Å². The Bertz CT molecular complexity index is 456. The van der Waals surface area contributed by atoms with Crippen LogP contribution in [0, 0.1) is 5.82 Å². The summed E-state index contributed by atoms with van der Waals surface area (Å²) in [5, 5.41) is 40.1. The molecule has 112 valence electrons. The van der Waals surface area contributed by atoms with Gasteiger partial charge < -0.3 is 25.7 Å². The van der Waals surface area contributed by atoms with Crippen molar-refractivity contribution in [2.24, 2.45) is 0 Å². The highest BCUT2D eigenvalue weighted by Gasteiger charge is 2.33. The van der Waals surface area contributed by atoms with E-state index in [2.05, 4.69) is 5.32 Å². The number of nitrogens with one attached hydrogen (secondary N) is 1. The van der Waals surface area contributed by atoms with E-state index in [1.54, 1.807) is 6.92 Å². The molecular formula is C13H18FNO5. The lowest BCUT2D eigenvalue weighted by Gasteiger charge is -2.25. The number of hydrogen-bond donors (Lipinski definition) is 5. The van der Waals surface area contributed by atoms with E-state index in [0.717, 1.165) is 6.07 Å². The van der Waals surface area contributed by atoms with Crippen molar-refractivity contribution in [3.05, 3.63) is 30.1 Å². The number of aliphatic hydroxyl groups excluding tert-OH is 4. The fourth-order valence-electron chi connectivity index (χ4n) is 1.58. The molecule has 4 atom stereocenters. The predicted octanol–water partition coefficient (Wildman–Crippen LogP) is -0.382. The Labute approximate surface area is 115 Å². The molecule has 0 aromatic heterocycles. The van der Waals surface area contributed by atoms with Gasteiger partial charge in [0, 0.05) is 0 Å². The second-order valence-electron chi connectivity index (χ2n) is 4.37. The Balaban J connectivity index is 2.70. The Hall–Kier alpha value is -1.54. The minimum atomic E-state index is -1.99. The van der Waals surface area contributed by atoms with Crippen molar-refractivity contribution in [2.45, 2.75) is 37.8 Å². The fourth-order valence-corrected chi connectivity index (χ4v) is 1.58. The molecule has 1 aromatic rings. The van der Waals surface area contributed by atoms with Gasteiger partial charge in [0.15, 0.2) is 6.10 Å². The standard InChI is InChI=1S/C13H18FNO5/c1-2-9(16)10(17)11(18)12(19)13(20)15-8-6-4-3-5-7(8)14/h3-6,9-12,16-19H,2H2,1H3,(H,15,20)/t9-,10-,11+,12-/m1/s1. The summed E-state index contributed by atoms with van der Waals surface area (Å²) in [4.78, 5) is 11.6. The van der Waals surface area contributed by atoms with Crippen molar-refractivity contribution in [3.63, 3.8) is 0 Å². The number of hydrogen-bond acceptors (Lipinski definition) is 5. The number of benzene rings is 1. The molecule has 0 spiro atoms. The van der Waals surface area contributed by atoms with Crippen LogP contribution in [0.5, 0.6) is 0 Å². The highest BCUT2D eigenvalue weighted by molar-refractivity contribution is 5.94. The van der Waals surface area contributed by atoms with E-state index in [1.165, 1.54) is 18.2 Å². The van der Waals surface area contributed by atoms with Gasteiger partial charge in [0.1, 0.15) is 18.0 Å². The molecule has 0 aliphatic heterocycles. The van der Waals surface area contributed by atoms with Crippen molar-refractivity contribution in [3.8, 4) is 0 Å². The average molecular weight is 287 g/mol. The van der Waals surface area contributed by atoms with Crippen molar-refractivity contribution >= 4 is 11.6 Å². The number of carbonyl (C=O) groups is 1. The van der Waals surface area contributed by atoms with Crippen molar-refractivity contribution < 1.29 is 29.6 Å². The first-order valence-electron chi connectivity index (χ1n) is 6.16. The van der Waals surface area contributed by atoms with Crippen LogP contribution < -0.4 is 5.32 Å². The summed E-state index contributed by atoms with van der Waals surface area (Å²) in [5.74, 6) is -1.78. The molecule has 0 aliphatic rings. The number of para-hydroxylation sites is 1. The molecule has 6 nitrogen and oxygen atoms in total. The van der Waals surface area contributed by atoms with E-state index < -0.39 is 36.1 Å². The lowest BCUT2D eigenvalue weighted by molar-refractivity contribution is -0.142. The second-order valence-corrected chi connectivity index (χ2v) is 4.37. The molecule has 20 heavy (non-hydrogen) atoms. The van der Waals surface area contributed by atoms with E-state index in [-0.39, 0.29) is 12.1 Å². The number of amides is 1. The molecule has 0 radical (unpaired) electrons. The van der Waals surface area contributed by atoms with Crippen LogP contribution in [-0.4, -0.2) is 50.7 Å². The zero-order valence-corrected chi connectivity index (χ0v) is 10.9. The van der Waals surface area contributed by atoms with Crippen LogP contribution in [-0.2, 0) is 4.79 Å². The van der Waals surface area contributed by atoms with Gasteiger partial charge in [0.25, 0.3) is 5.91 Å². The minimum Gasteiger partial charge on any atom is -0.390 e. The van der Waals surface area contributed by atoms with Gasteiger partial charge in [-0.3, -0.25) is 4.79 Å². The topological polar surface area (TPSA) is 110 Å². The third-order valence-electron chi connectivity index (χ3n) is 2.89. The van der Waals surface area contributed by atoms with Gasteiger partial charge in [-0.05, 0) is 18.6 Å². The van der Waals surface area contributed by atoms with Crippen LogP contribution in [0.4, 0.5) is 10.1 Å². The predicted molar refractivity (Wildman–Crippen MR) is 69.3 cm³/mol. The quantitative estimate of drug-likeness (QED) is 0.490. The highest BCUT2D eigenvalue weighted by atomic mass is 19.1. The number of anilines is 1. The minimum absolute atomic E-state index is 0.139. The first-order chi connectivity index (χ1) is 9.38. The van der Waals surface area contributed by atoms with Gasteiger partial charge in [-0.2, -0.15) is 0 Å². The molecule has 0 bridgehead atoms. The average Bonchev–Trinajstić information content (AvgIpc) is 2.46. The van der Waals surface area contributed by atoms with E-state index >= 15 is 0 Å². The van der Waals surface area contributed by atoms with Crippen LogP contribution in [0.25, 0.3) is 0 Å². The monoisotopic (exact) mass is 287 g/mol. The van der Waals surface area contributed by atoms with Crippen molar-refractivity contribution in [2.75, 3.05) is 5.32 Å². The van der Waals surface area contributed by atoms with Gasteiger partial charge >= 0.3 is 0 Å². The van der Waals surface area contributed by atoms with Gasteiger partial charge in [0.05, 0.1) is 11.8 Å². The maximum Gasteiger partial charge on any atom is 0.256 e. The second kappa shape index (κ2) is 7.30. The third-order valence-corrected chi connectivity index (χ3v) is 2.89. The Morgan fingerprint density at radius 1 is 1.20 bits per heavy atom. The normalized spacial score (nSPS) is 17.1. The molecule has 0 saturated carbocycles. The number of rotatable bonds is 6. The first kappa shape index (κ1) is 16.5. The lowest BCUT2D eigenvalue weighted by atomic mass is 10.0. The molecule has 0 saturated heterocycles. The van der Waals surface area contributed by atoms with Gasteiger partial charge in [-0.25, -0.2) is 4.39 Å². The van der Waals surface area contributed by atoms with E-state index in [9.17, 15) is 29.6 Å². The summed E-state index contributed by atoms with van der Waals surface area (Å²) < 4.78 is 13.3. The van der Waals surface area contributed by atoms with Crippen LogP contribution in [0.3, 0.4) is 0 Å². The highest BCUT2D eigenvalue weighted by Crippen LogP contribution is 2.14. The maximum absolute atomic E-state index is 13.3. The fraction of sp³-hybridized carbons (Fsp3) is 0.462. The summed E-state index contributed by atoms with van der Waals surface area (Å²) in [6.07, 6.45) is -6.69. The van der Waals surface area contributed by atoms with Gasteiger partial charge in [-0.15, -0.1) is 0 Å². The van der Waals surface area contributed by atoms with Gasteiger partial charge in [0.2, 0.25) is 0 Å². The molecule has 0 heterocycles. The maximum atomic E-state index is 13.3. The Morgan fingerprint density at radius 2 is 1.80 bits per heavy atom. The molecule has 0 fully saturated rings. The SMILES string of the molecule is CC[C@@H](O)[C@@H](O)[C@H](O)[C@@H](O)C(=O)Nc1ccccc1F. The third kappa shape index (κ3) is 3.97. The molecule has 1 amide bonds. The van der Waals surface area contributed by atoms with Crippen molar-refractivity contribution in [1.82, 2.24) is 0 Å².